The van der Waals surface area contributed by atoms with Crippen LogP contribution in [0.25, 0.3) is 0 Å². The van der Waals surface area contributed by atoms with Gasteiger partial charge >= 0.3 is 12.2 Å². The molecule has 0 spiro atoms. The number of rotatable bonds is 2. The molecule has 0 aliphatic heterocycles. The Labute approximate surface area is 152 Å². The number of benzene rings is 2. The van der Waals surface area contributed by atoms with Crippen LogP contribution in [-0.2, 0) is 6.18 Å². The number of hydrogen-bond acceptors (Lipinski definition) is 2. The van der Waals surface area contributed by atoms with Gasteiger partial charge in [-0.3, -0.25) is 4.90 Å². The maximum Gasteiger partial charge on any atom is 0.416 e. The zero-order valence-corrected chi connectivity index (χ0v) is 14.6. The Hall–Kier alpha value is -1.64. The summed E-state index contributed by atoms with van der Waals surface area (Å²) in [7, 11) is 0. The third-order valence-corrected chi connectivity index (χ3v) is 4.13. The average molecular weight is 444 g/mol. The number of phenols is 1. The second-order valence-corrected chi connectivity index (χ2v) is 6.29. The van der Waals surface area contributed by atoms with Crippen LogP contribution in [0.2, 0.25) is 10.0 Å². The van der Waals surface area contributed by atoms with E-state index in [1.807, 2.05) is 0 Å². The van der Waals surface area contributed by atoms with Gasteiger partial charge in [-0.1, -0.05) is 23.2 Å². The van der Waals surface area contributed by atoms with Crippen molar-refractivity contribution >= 4 is 56.5 Å². The largest absolute Gasteiger partial charge is 0.505 e. The molecule has 0 aliphatic rings. The summed E-state index contributed by atoms with van der Waals surface area (Å²) < 4.78 is 38.9. The number of primary amides is 1. The lowest BCUT2D eigenvalue weighted by atomic mass is 10.1. The molecule has 24 heavy (non-hydrogen) atoms. The monoisotopic (exact) mass is 442 g/mol. The predicted octanol–water partition coefficient (Wildman–Crippen LogP) is 5.70. The number of carbonyl (C=O) groups excluding carboxylic acids is 1. The van der Waals surface area contributed by atoms with Gasteiger partial charge in [0.25, 0.3) is 0 Å². The van der Waals surface area contributed by atoms with Gasteiger partial charge in [-0.25, -0.2) is 4.79 Å². The summed E-state index contributed by atoms with van der Waals surface area (Å²) in [6.07, 6.45) is -4.65. The summed E-state index contributed by atoms with van der Waals surface area (Å²) in [5.41, 5.74) is 3.68. The molecule has 0 unspecified atom stereocenters. The number of halogens is 6. The van der Waals surface area contributed by atoms with E-state index < -0.39 is 23.5 Å². The van der Waals surface area contributed by atoms with Crippen molar-refractivity contribution in [2.45, 2.75) is 6.18 Å². The molecule has 10 heteroatoms. The molecule has 2 rings (SSSR count). The SMILES string of the molecule is NC(=O)N(c1cc(C(F)(F)F)ccc1Cl)c1cc(Cl)cc(Br)c1O. The van der Waals surface area contributed by atoms with Gasteiger partial charge in [0.15, 0.2) is 5.75 Å². The second kappa shape index (κ2) is 6.70. The third kappa shape index (κ3) is 3.71. The highest BCUT2D eigenvalue weighted by atomic mass is 79.9. The van der Waals surface area contributed by atoms with E-state index in [0.717, 1.165) is 12.1 Å². The van der Waals surface area contributed by atoms with E-state index in [2.05, 4.69) is 15.9 Å². The van der Waals surface area contributed by atoms with E-state index in [9.17, 15) is 23.1 Å². The molecule has 2 aromatic carbocycles. The van der Waals surface area contributed by atoms with Crippen LogP contribution in [0.5, 0.6) is 5.75 Å². The quantitative estimate of drug-likeness (QED) is 0.625. The van der Waals surface area contributed by atoms with Gasteiger partial charge in [0.2, 0.25) is 0 Å². The Balaban J connectivity index is 2.72. The van der Waals surface area contributed by atoms with Crippen LogP contribution in [0.1, 0.15) is 5.56 Å². The van der Waals surface area contributed by atoms with Crippen molar-refractivity contribution in [2.24, 2.45) is 5.73 Å². The molecule has 2 aromatic rings. The minimum Gasteiger partial charge on any atom is -0.505 e. The number of carbonyl (C=O) groups is 1. The van der Waals surface area contributed by atoms with Gasteiger partial charge < -0.3 is 10.8 Å². The van der Waals surface area contributed by atoms with E-state index in [-0.39, 0.29) is 25.9 Å². The molecule has 4 nitrogen and oxygen atoms in total. The molecule has 0 bridgehead atoms. The first-order valence-electron chi connectivity index (χ1n) is 6.16. The molecule has 0 saturated heterocycles. The fourth-order valence-corrected chi connectivity index (χ4v) is 2.95. The van der Waals surface area contributed by atoms with Gasteiger partial charge in [-0.05, 0) is 46.3 Å². The summed E-state index contributed by atoms with van der Waals surface area (Å²) in [4.78, 5) is 12.5. The number of phenolic OH excluding ortho intramolecular Hbond substituents is 1. The number of anilines is 2. The Bertz CT molecular complexity index is 815. The van der Waals surface area contributed by atoms with Crippen molar-refractivity contribution in [3.05, 3.63) is 50.4 Å². The van der Waals surface area contributed by atoms with Crippen LogP contribution in [0, 0.1) is 0 Å². The predicted molar refractivity (Wildman–Crippen MR) is 89.0 cm³/mol. The summed E-state index contributed by atoms with van der Waals surface area (Å²) in [5, 5.41) is 10.0. The maximum absolute atomic E-state index is 12.9. The molecule has 0 heterocycles. The molecule has 128 valence electrons. The second-order valence-electron chi connectivity index (χ2n) is 4.59. The Morgan fingerprint density at radius 1 is 1.17 bits per heavy atom. The fraction of sp³-hybridized carbons (Fsp3) is 0.0714. The Morgan fingerprint density at radius 3 is 2.33 bits per heavy atom. The lowest BCUT2D eigenvalue weighted by Gasteiger charge is -2.24. The van der Waals surface area contributed by atoms with E-state index in [1.165, 1.54) is 12.1 Å². The molecule has 0 aromatic heterocycles. The molecule has 3 N–H and O–H groups in total. The number of hydrogen-bond donors (Lipinski definition) is 2. The molecule has 0 fully saturated rings. The van der Waals surface area contributed by atoms with Gasteiger partial charge in [0, 0.05) is 5.02 Å². The zero-order chi connectivity index (χ0) is 18.2. The van der Waals surface area contributed by atoms with Crippen molar-refractivity contribution in [2.75, 3.05) is 4.90 Å². The van der Waals surface area contributed by atoms with Crippen LogP contribution in [0.15, 0.2) is 34.8 Å². The molecule has 0 radical (unpaired) electrons. The number of alkyl halides is 3. The minimum atomic E-state index is -4.65. The fourth-order valence-electron chi connectivity index (χ4n) is 1.95. The van der Waals surface area contributed by atoms with Crippen molar-refractivity contribution in [1.82, 2.24) is 0 Å². The Kier molecular flexibility index (Phi) is 5.22. The topological polar surface area (TPSA) is 66.6 Å². The number of urea groups is 1. The number of nitrogens with zero attached hydrogens (tertiary/aromatic N) is 1. The first-order chi connectivity index (χ1) is 11.0. The van der Waals surface area contributed by atoms with Crippen molar-refractivity contribution in [3.63, 3.8) is 0 Å². The summed E-state index contributed by atoms with van der Waals surface area (Å²) in [5.74, 6) is -0.438. The van der Waals surface area contributed by atoms with Crippen LogP contribution in [-0.4, -0.2) is 11.1 Å². The summed E-state index contributed by atoms with van der Waals surface area (Å²) in [6, 6.07) is 3.75. The first kappa shape index (κ1) is 18.7. The lowest BCUT2D eigenvalue weighted by molar-refractivity contribution is -0.137. The maximum atomic E-state index is 12.9. The number of amides is 2. The lowest BCUT2D eigenvalue weighted by Crippen LogP contribution is -2.32. The van der Waals surface area contributed by atoms with E-state index in [4.69, 9.17) is 28.9 Å². The van der Waals surface area contributed by atoms with E-state index in [0.29, 0.717) is 11.0 Å². The average Bonchev–Trinajstić information content (AvgIpc) is 2.44. The number of nitrogens with two attached hydrogens (primary N) is 1. The van der Waals surface area contributed by atoms with Crippen LogP contribution in [0.4, 0.5) is 29.3 Å². The van der Waals surface area contributed by atoms with Crippen LogP contribution >= 0.6 is 39.1 Å². The molecule has 2 amide bonds. The smallest absolute Gasteiger partial charge is 0.416 e. The van der Waals surface area contributed by atoms with Gasteiger partial charge in [0.1, 0.15) is 0 Å². The van der Waals surface area contributed by atoms with E-state index in [1.54, 1.807) is 0 Å². The van der Waals surface area contributed by atoms with Gasteiger partial charge in [-0.2, -0.15) is 13.2 Å². The molecule has 0 aliphatic carbocycles. The van der Waals surface area contributed by atoms with Gasteiger partial charge in [0.05, 0.1) is 26.4 Å². The third-order valence-electron chi connectivity index (χ3n) is 2.98. The highest BCUT2D eigenvalue weighted by Gasteiger charge is 2.33. The van der Waals surface area contributed by atoms with Crippen molar-refractivity contribution in [3.8, 4) is 5.75 Å². The standard InChI is InChI=1S/C14H8BrCl2F3N2O2/c15-8-4-7(16)5-11(12(8)23)22(13(21)24)10-3-6(14(18,19)20)1-2-9(10)17/h1-5,23H,(H2,21,24). The zero-order valence-electron chi connectivity index (χ0n) is 11.5. The van der Waals surface area contributed by atoms with Gasteiger partial charge in [-0.15, -0.1) is 0 Å². The Morgan fingerprint density at radius 2 is 1.79 bits per heavy atom. The molecular weight excluding hydrogens is 436 g/mol. The molecule has 0 atom stereocenters. The van der Waals surface area contributed by atoms with Crippen molar-refractivity contribution < 1.29 is 23.1 Å². The molecular formula is C14H8BrCl2F3N2O2. The highest BCUT2D eigenvalue weighted by molar-refractivity contribution is 9.10. The highest BCUT2D eigenvalue weighted by Crippen LogP contribution is 2.43. The van der Waals surface area contributed by atoms with E-state index >= 15 is 0 Å². The van der Waals surface area contributed by atoms with Crippen LogP contribution < -0.4 is 10.6 Å². The van der Waals surface area contributed by atoms with Crippen LogP contribution in [0.3, 0.4) is 0 Å². The number of aromatic hydroxyl groups is 1. The van der Waals surface area contributed by atoms with Crippen molar-refractivity contribution in [1.29, 1.82) is 0 Å². The molecule has 0 saturated carbocycles. The summed E-state index contributed by atoms with van der Waals surface area (Å²) >= 11 is 14.8. The first-order valence-corrected chi connectivity index (χ1v) is 7.71. The summed E-state index contributed by atoms with van der Waals surface area (Å²) in [6.45, 7) is 0. The normalized spacial score (nSPS) is 11.4. The minimum absolute atomic E-state index is 0.115.